The Balaban J connectivity index is 1.41. The number of nitrogens with one attached hydrogen (secondary N) is 1. The minimum Gasteiger partial charge on any atom is -0.493 e. The van der Waals surface area contributed by atoms with E-state index in [-0.39, 0.29) is 17.0 Å². The number of rotatable bonds is 7. The van der Waals surface area contributed by atoms with Gasteiger partial charge in [-0.3, -0.25) is 19.8 Å². The fraction of sp³-hybridized carbons (Fsp3) is 0.607. The molecule has 4 amide bonds. The number of hydrogen-bond donors (Lipinski definition) is 1. The van der Waals surface area contributed by atoms with Crippen molar-refractivity contribution in [3.8, 4) is 11.5 Å². The van der Waals surface area contributed by atoms with E-state index in [1.807, 2.05) is 6.92 Å². The van der Waals surface area contributed by atoms with Crippen molar-refractivity contribution in [1.82, 2.24) is 10.2 Å². The van der Waals surface area contributed by atoms with Gasteiger partial charge < -0.3 is 9.47 Å². The van der Waals surface area contributed by atoms with Crippen LogP contribution in [0.2, 0.25) is 0 Å². The standard InChI is InChI=1S/C28H36N2O5/c1-16(2)15-35-23-6-5-18(11-24(23)34-4)10-22-25(31)29-27(33)30(26(22)32)17(3)28-12-19-7-20(13-28)9-21(8-19)14-28/h5-6,10-11,16-17,19-21H,7-9,12-15H2,1-4H3,(H,29,31,33). The van der Waals surface area contributed by atoms with Gasteiger partial charge >= 0.3 is 6.03 Å². The van der Waals surface area contributed by atoms with Gasteiger partial charge in [0.25, 0.3) is 11.8 Å². The smallest absolute Gasteiger partial charge is 0.331 e. The zero-order valence-corrected chi connectivity index (χ0v) is 21.1. The molecule has 1 aromatic carbocycles. The van der Waals surface area contributed by atoms with E-state index in [1.165, 1.54) is 30.2 Å². The predicted octanol–water partition coefficient (Wildman–Crippen LogP) is 4.80. The first-order chi connectivity index (χ1) is 16.7. The summed E-state index contributed by atoms with van der Waals surface area (Å²) < 4.78 is 11.3. The summed E-state index contributed by atoms with van der Waals surface area (Å²) in [4.78, 5) is 40.6. The molecule has 5 aliphatic rings. The number of urea groups is 1. The Kier molecular flexibility index (Phi) is 6.14. The Morgan fingerprint density at radius 2 is 1.66 bits per heavy atom. The van der Waals surface area contributed by atoms with Gasteiger partial charge in [-0.2, -0.15) is 0 Å². The van der Waals surface area contributed by atoms with Crippen LogP contribution in [0.1, 0.15) is 64.9 Å². The van der Waals surface area contributed by atoms with Crippen LogP contribution in [0, 0.1) is 29.1 Å². The van der Waals surface area contributed by atoms with Crippen LogP contribution in [0.15, 0.2) is 23.8 Å². The molecule has 1 heterocycles. The van der Waals surface area contributed by atoms with Crippen molar-refractivity contribution in [2.24, 2.45) is 29.1 Å². The molecule has 6 rings (SSSR count). The number of imide groups is 2. The summed E-state index contributed by atoms with van der Waals surface area (Å²) in [5.74, 6) is 2.43. The van der Waals surface area contributed by atoms with Gasteiger partial charge in [0.2, 0.25) is 0 Å². The Bertz CT molecular complexity index is 1040. The van der Waals surface area contributed by atoms with E-state index < -0.39 is 17.8 Å². The van der Waals surface area contributed by atoms with Crippen molar-refractivity contribution in [2.45, 2.75) is 65.3 Å². The highest BCUT2D eigenvalue weighted by atomic mass is 16.5. The lowest BCUT2D eigenvalue weighted by molar-refractivity contribution is -0.139. The summed E-state index contributed by atoms with van der Waals surface area (Å²) in [5, 5.41) is 2.42. The number of methoxy groups -OCH3 is 1. The maximum Gasteiger partial charge on any atom is 0.331 e. The van der Waals surface area contributed by atoms with Crippen LogP contribution in [-0.2, 0) is 9.59 Å². The topological polar surface area (TPSA) is 84.9 Å². The third-order valence-corrected chi connectivity index (χ3v) is 8.56. The average molecular weight is 481 g/mol. The maximum absolute atomic E-state index is 13.6. The van der Waals surface area contributed by atoms with E-state index in [4.69, 9.17) is 9.47 Å². The Morgan fingerprint density at radius 3 is 2.23 bits per heavy atom. The maximum atomic E-state index is 13.6. The molecule has 1 aliphatic heterocycles. The molecule has 0 spiro atoms. The van der Waals surface area contributed by atoms with Crippen LogP contribution >= 0.6 is 0 Å². The first kappa shape index (κ1) is 23.9. The lowest BCUT2D eigenvalue weighted by atomic mass is 9.47. The number of hydrogen-bond acceptors (Lipinski definition) is 5. The van der Waals surface area contributed by atoms with Crippen LogP contribution in [0.4, 0.5) is 4.79 Å². The minimum absolute atomic E-state index is 0.0286. The normalized spacial score (nSPS) is 31.8. The number of nitrogens with zero attached hydrogens (tertiary/aromatic N) is 1. The largest absolute Gasteiger partial charge is 0.493 e. The molecule has 188 valence electrons. The summed E-state index contributed by atoms with van der Waals surface area (Å²) in [6.45, 7) is 6.69. The van der Waals surface area contributed by atoms with E-state index in [0.717, 1.165) is 19.3 Å². The molecule has 4 saturated carbocycles. The summed E-state index contributed by atoms with van der Waals surface area (Å²) in [6.07, 6.45) is 8.60. The van der Waals surface area contributed by atoms with Crippen molar-refractivity contribution in [2.75, 3.05) is 13.7 Å². The van der Waals surface area contributed by atoms with Crippen molar-refractivity contribution in [3.63, 3.8) is 0 Å². The van der Waals surface area contributed by atoms with Gasteiger partial charge in [-0.05, 0) is 98.3 Å². The summed E-state index contributed by atoms with van der Waals surface area (Å²) in [5.41, 5.74) is 0.569. The monoisotopic (exact) mass is 480 g/mol. The van der Waals surface area contributed by atoms with Gasteiger partial charge in [0.05, 0.1) is 13.7 Å². The average Bonchev–Trinajstić information content (AvgIpc) is 2.79. The number of barbiturate groups is 1. The van der Waals surface area contributed by atoms with Crippen LogP contribution in [0.3, 0.4) is 0 Å². The van der Waals surface area contributed by atoms with Gasteiger partial charge in [0.1, 0.15) is 5.57 Å². The van der Waals surface area contributed by atoms with Gasteiger partial charge in [-0.15, -0.1) is 0 Å². The van der Waals surface area contributed by atoms with E-state index in [1.54, 1.807) is 25.3 Å². The Hall–Kier alpha value is -2.83. The fourth-order valence-electron chi connectivity index (χ4n) is 7.30. The summed E-state index contributed by atoms with van der Waals surface area (Å²) in [7, 11) is 1.56. The molecule has 0 aromatic heterocycles. The Labute approximate surface area is 207 Å². The van der Waals surface area contributed by atoms with E-state index in [0.29, 0.717) is 47.3 Å². The quantitative estimate of drug-likeness (QED) is 0.448. The second-order valence-corrected chi connectivity index (χ2v) is 11.6. The van der Waals surface area contributed by atoms with Gasteiger partial charge in [-0.1, -0.05) is 19.9 Å². The molecule has 7 nitrogen and oxygen atoms in total. The van der Waals surface area contributed by atoms with Crippen molar-refractivity contribution < 1.29 is 23.9 Å². The molecule has 4 aliphatic carbocycles. The molecule has 1 unspecified atom stereocenters. The van der Waals surface area contributed by atoms with Crippen LogP contribution in [0.25, 0.3) is 6.08 Å². The van der Waals surface area contributed by atoms with Crippen molar-refractivity contribution in [1.29, 1.82) is 0 Å². The first-order valence-electron chi connectivity index (χ1n) is 12.9. The first-order valence-corrected chi connectivity index (χ1v) is 12.9. The molecule has 1 aromatic rings. The van der Waals surface area contributed by atoms with Gasteiger partial charge in [0.15, 0.2) is 11.5 Å². The molecule has 1 N–H and O–H groups in total. The van der Waals surface area contributed by atoms with Crippen LogP contribution < -0.4 is 14.8 Å². The predicted molar refractivity (Wildman–Crippen MR) is 132 cm³/mol. The third-order valence-electron chi connectivity index (χ3n) is 8.56. The third kappa shape index (κ3) is 4.34. The highest BCUT2D eigenvalue weighted by Gasteiger charge is 2.56. The van der Waals surface area contributed by atoms with Gasteiger partial charge in [0, 0.05) is 6.04 Å². The number of ether oxygens (including phenoxy) is 2. The molecular weight excluding hydrogens is 444 g/mol. The van der Waals surface area contributed by atoms with E-state index in [9.17, 15) is 14.4 Å². The number of amides is 4. The molecule has 1 saturated heterocycles. The minimum atomic E-state index is -0.659. The second kappa shape index (κ2) is 8.99. The highest BCUT2D eigenvalue weighted by Crippen LogP contribution is 2.62. The second-order valence-electron chi connectivity index (χ2n) is 11.6. The molecule has 1 atom stereocenters. The number of carbonyl (C=O) groups excluding carboxylic acids is 3. The lowest BCUT2D eigenvalue weighted by Gasteiger charge is -2.60. The van der Waals surface area contributed by atoms with Crippen LogP contribution in [0.5, 0.6) is 11.5 Å². The van der Waals surface area contributed by atoms with Crippen molar-refractivity contribution in [3.05, 3.63) is 29.3 Å². The number of benzene rings is 1. The Morgan fingerprint density at radius 1 is 1.03 bits per heavy atom. The number of carbonyl (C=O) groups is 3. The molecule has 5 fully saturated rings. The molecule has 0 radical (unpaired) electrons. The molecule has 4 bridgehead atoms. The SMILES string of the molecule is COc1cc(C=C2C(=O)NC(=O)N(C(C)C34CC5CC(CC(C5)C3)C4)C2=O)ccc1OCC(C)C. The summed E-state index contributed by atoms with van der Waals surface area (Å²) >= 11 is 0. The zero-order chi connectivity index (χ0) is 24.9. The van der Waals surface area contributed by atoms with Crippen LogP contribution in [-0.4, -0.2) is 42.5 Å². The van der Waals surface area contributed by atoms with E-state index in [2.05, 4.69) is 19.2 Å². The highest BCUT2D eigenvalue weighted by molar-refractivity contribution is 6.31. The fourth-order valence-corrected chi connectivity index (χ4v) is 7.30. The molecule has 35 heavy (non-hydrogen) atoms. The lowest BCUT2D eigenvalue weighted by Crippen LogP contribution is -2.63. The van der Waals surface area contributed by atoms with Gasteiger partial charge in [-0.25, -0.2) is 4.79 Å². The molecular formula is C28H36N2O5. The zero-order valence-electron chi connectivity index (χ0n) is 21.1. The van der Waals surface area contributed by atoms with E-state index >= 15 is 0 Å². The summed E-state index contributed by atoms with van der Waals surface area (Å²) in [6, 6.07) is 4.46. The molecule has 7 heteroatoms. The van der Waals surface area contributed by atoms with Crippen molar-refractivity contribution >= 4 is 23.9 Å².